The molecule has 0 atom stereocenters. The number of hydrogen-bond acceptors (Lipinski definition) is 3. The zero-order chi connectivity index (χ0) is 14.1. The van der Waals surface area contributed by atoms with Crippen LogP contribution < -0.4 is 15.4 Å². The van der Waals surface area contributed by atoms with E-state index in [0.29, 0.717) is 13.1 Å². The van der Waals surface area contributed by atoms with Crippen LogP contribution in [0.1, 0.15) is 18.9 Å². The van der Waals surface area contributed by atoms with E-state index in [-0.39, 0.29) is 18.2 Å². The minimum absolute atomic E-state index is 0.0560. The van der Waals surface area contributed by atoms with Gasteiger partial charge in [-0.3, -0.25) is 4.79 Å². The van der Waals surface area contributed by atoms with E-state index in [2.05, 4.69) is 15.4 Å². The quantitative estimate of drug-likeness (QED) is 0.760. The summed E-state index contributed by atoms with van der Waals surface area (Å²) in [6.07, 6.45) is 0.900. The van der Waals surface area contributed by atoms with Gasteiger partial charge in [0.2, 0.25) is 5.91 Å². The van der Waals surface area contributed by atoms with E-state index in [0.717, 1.165) is 12.0 Å². The molecule has 0 aromatic heterocycles. The van der Waals surface area contributed by atoms with E-state index in [9.17, 15) is 13.6 Å². The molecule has 0 aliphatic carbocycles. The first-order chi connectivity index (χ1) is 9.11. The summed E-state index contributed by atoms with van der Waals surface area (Å²) in [7, 11) is 0. The molecule has 1 aromatic carbocycles. The molecule has 1 aromatic rings. The molecule has 2 N–H and O–H groups in total. The SMILES string of the molecule is CCCNC(=O)CNCc1ccc(OC(F)F)cc1. The number of rotatable bonds is 8. The van der Waals surface area contributed by atoms with Gasteiger partial charge in [-0.1, -0.05) is 19.1 Å². The van der Waals surface area contributed by atoms with Crippen LogP contribution in [0.5, 0.6) is 5.75 Å². The topological polar surface area (TPSA) is 50.4 Å². The maximum absolute atomic E-state index is 11.9. The first-order valence-electron chi connectivity index (χ1n) is 6.13. The van der Waals surface area contributed by atoms with Crippen LogP contribution >= 0.6 is 0 Å². The molecule has 6 heteroatoms. The molecule has 1 rings (SSSR count). The Balaban J connectivity index is 2.28. The Bertz CT molecular complexity index is 383. The van der Waals surface area contributed by atoms with E-state index < -0.39 is 6.61 Å². The third kappa shape index (κ3) is 6.71. The second kappa shape index (κ2) is 8.42. The van der Waals surface area contributed by atoms with Crippen molar-refractivity contribution >= 4 is 5.91 Å². The van der Waals surface area contributed by atoms with Crippen LogP contribution in [0, 0.1) is 0 Å². The summed E-state index contributed by atoms with van der Waals surface area (Å²) in [5, 5.41) is 5.71. The smallest absolute Gasteiger partial charge is 0.387 e. The number of carbonyl (C=O) groups is 1. The van der Waals surface area contributed by atoms with Gasteiger partial charge in [0.15, 0.2) is 0 Å². The highest BCUT2D eigenvalue weighted by Crippen LogP contribution is 2.14. The lowest BCUT2D eigenvalue weighted by atomic mass is 10.2. The summed E-state index contributed by atoms with van der Waals surface area (Å²) in [5.74, 6) is 0.0685. The summed E-state index contributed by atoms with van der Waals surface area (Å²) in [6, 6.07) is 6.30. The van der Waals surface area contributed by atoms with Crippen LogP contribution in [0.15, 0.2) is 24.3 Å². The van der Waals surface area contributed by atoms with Crippen molar-refractivity contribution in [1.29, 1.82) is 0 Å². The summed E-state index contributed by atoms with van der Waals surface area (Å²) < 4.78 is 28.1. The summed E-state index contributed by atoms with van der Waals surface area (Å²) in [6.45, 7) is 0.562. The van der Waals surface area contributed by atoms with Gasteiger partial charge in [0.1, 0.15) is 5.75 Å². The Morgan fingerprint density at radius 3 is 2.58 bits per heavy atom. The molecule has 1 amide bonds. The summed E-state index contributed by atoms with van der Waals surface area (Å²) >= 11 is 0. The first kappa shape index (κ1) is 15.4. The highest BCUT2D eigenvalue weighted by atomic mass is 19.3. The highest BCUT2D eigenvalue weighted by molar-refractivity contribution is 5.77. The van der Waals surface area contributed by atoms with Crippen molar-refractivity contribution in [2.45, 2.75) is 26.5 Å². The maximum Gasteiger partial charge on any atom is 0.387 e. The van der Waals surface area contributed by atoms with Crippen LogP contribution in [0.4, 0.5) is 8.78 Å². The van der Waals surface area contributed by atoms with Crippen LogP contribution in [0.25, 0.3) is 0 Å². The molecule has 4 nitrogen and oxygen atoms in total. The zero-order valence-corrected chi connectivity index (χ0v) is 10.8. The van der Waals surface area contributed by atoms with Crippen molar-refractivity contribution in [3.63, 3.8) is 0 Å². The number of halogens is 2. The molecule has 19 heavy (non-hydrogen) atoms. The lowest BCUT2D eigenvalue weighted by molar-refractivity contribution is -0.120. The molecule has 0 saturated heterocycles. The Kier molecular flexibility index (Phi) is 6.81. The monoisotopic (exact) mass is 272 g/mol. The lowest BCUT2D eigenvalue weighted by Crippen LogP contribution is -2.33. The molecule has 0 saturated carbocycles. The van der Waals surface area contributed by atoms with Crippen LogP contribution in [-0.2, 0) is 11.3 Å². The number of alkyl halides is 2. The Morgan fingerprint density at radius 2 is 2.00 bits per heavy atom. The van der Waals surface area contributed by atoms with Crippen LogP contribution in [-0.4, -0.2) is 25.6 Å². The fourth-order valence-electron chi connectivity index (χ4n) is 1.44. The van der Waals surface area contributed by atoms with E-state index in [1.165, 1.54) is 12.1 Å². The Hall–Kier alpha value is -1.69. The first-order valence-corrected chi connectivity index (χ1v) is 6.13. The van der Waals surface area contributed by atoms with E-state index in [1.807, 2.05) is 6.92 Å². The van der Waals surface area contributed by atoms with Gasteiger partial charge in [0, 0.05) is 13.1 Å². The highest BCUT2D eigenvalue weighted by Gasteiger charge is 2.04. The number of benzene rings is 1. The number of hydrogen-bond donors (Lipinski definition) is 2. The molecule has 0 heterocycles. The fraction of sp³-hybridized carbons (Fsp3) is 0.462. The van der Waals surface area contributed by atoms with Crippen molar-refractivity contribution in [3.8, 4) is 5.75 Å². The standard InChI is InChI=1S/C13H18F2N2O2/c1-2-7-17-12(18)9-16-8-10-3-5-11(6-4-10)19-13(14)15/h3-6,13,16H,2,7-9H2,1H3,(H,17,18). The second-order valence-corrected chi connectivity index (χ2v) is 3.98. The number of ether oxygens (including phenoxy) is 1. The van der Waals surface area contributed by atoms with Crippen molar-refractivity contribution < 1.29 is 18.3 Å². The van der Waals surface area contributed by atoms with Gasteiger partial charge in [-0.2, -0.15) is 8.78 Å². The minimum Gasteiger partial charge on any atom is -0.435 e. The van der Waals surface area contributed by atoms with Gasteiger partial charge in [0.05, 0.1) is 6.54 Å². The van der Waals surface area contributed by atoms with Gasteiger partial charge in [-0.15, -0.1) is 0 Å². The second-order valence-electron chi connectivity index (χ2n) is 3.98. The third-order valence-electron chi connectivity index (χ3n) is 2.34. The van der Waals surface area contributed by atoms with Crippen molar-refractivity contribution in [1.82, 2.24) is 10.6 Å². The molecule has 0 aliphatic rings. The van der Waals surface area contributed by atoms with Crippen molar-refractivity contribution in [3.05, 3.63) is 29.8 Å². The van der Waals surface area contributed by atoms with Gasteiger partial charge in [-0.05, 0) is 24.1 Å². The minimum atomic E-state index is -2.81. The molecule has 0 radical (unpaired) electrons. The normalized spacial score (nSPS) is 10.5. The van der Waals surface area contributed by atoms with Gasteiger partial charge < -0.3 is 15.4 Å². The van der Waals surface area contributed by atoms with Crippen molar-refractivity contribution in [2.75, 3.05) is 13.1 Å². The predicted molar refractivity (Wildman–Crippen MR) is 68.1 cm³/mol. The lowest BCUT2D eigenvalue weighted by Gasteiger charge is -2.07. The summed E-state index contributed by atoms with van der Waals surface area (Å²) in [4.78, 5) is 11.3. The molecule has 0 bridgehead atoms. The Labute approximate surface area is 111 Å². The number of amides is 1. The van der Waals surface area contributed by atoms with E-state index >= 15 is 0 Å². The average Bonchev–Trinajstić information content (AvgIpc) is 2.38. The van der Waals surface area contributed by atoms with Crippen LogP contribution in [0.2, 0.25) is 0 Å². The van der Waals surface area contributed by atoms with Crippen molar-refractivity contribution in [2.24, 2.45) is 0 Å². The van der Waals surface area contributed by atoms with Gasteiger partial charge >= 0.3 is 6.61 Å². The summed E-state index contributed by atoms with van der Waals surface area (Å²) in [5.41, 5.74) is 0.893. The molecule has 106 valence electrons. The average molecular weight is 272 g/mol. The number of carbonyl (C=O) groups excluding carboxylic acids is 1. The van der Waals surface area contributed by atoms with Gasteiger partial charge in [0.25, 0.3) is 0 Å². The fourth-order valence-corrected chi connectivity index (χ4v) is 1.44. The van der Waals surface area contributed by atoms with E-state index in [4.69, 9.17) is 0 Å². The molecule has 0 unspecified atom stereocenters. The van der Waals surface area contributed by atoms with E-state index in [1.54, 1.807) is 12.1 Å². The number of nitrogens with one attached hydrogen (secondary N) is 2. The zero-order valence-electron chi connectivity index (χ0n) is 10.8. The molecule has 0 fully saturated rings. The largest absolute Gasteiger partial charge is 0.435 e. The molecular formula is C13H18F2N2O2. The molecule has 0 aliphatic heterocycles. The predicted octanol–water partition coefficient (Wildman–Crippen LogP) is 1.90. The Morgan fingerprint density at radius 1 is 1.32 bits per heavy atom. The van der Waals surface area contributed by atoms with Gasteiger partial charge in [-0.25, -0.2) is 0 Å². The third-order valence-corrected chi connectivity index (χ3v) is 2.34. The van der Waals surface area contributed by atoms with Crippen LogP contribution in [0.3, 0.4) is 0 Å². The molecule has 0 spiro atoms. The maximum atomic E-state index is 11.9. The molecular weight excluding hydrogens is 254 g/mol.